The van der Waals surface area contributed by atoms with Gasteiger partial charge in [0, 0.05) is 18.5 Å². The van der Waals surface area contributed by atoms with E-state index in [-0.39, 0.29) is 12.1 Å². The standard InChI is InChI=1S/C17H20N4O2/c1-11(14-9-21(2)7-8-22-14)20-17-16-15(18-10-19-17)12-5-3-4-6-13(12)23-16/h3-6,10-11,14H,7-9H2,1-2H3,(H,18,19,20). The molecule has 2 unspecified atom stereocenters. The first-order valence-electron chi connectivity index (χ1n) is 7.91. The van der Waals surface area contributed by atoms with Gasteiger partial charge in [-0.1, -0.05) is 12.1 Å². The number of aromatic nitrogens is 2. The molecule has 6 heteroatoms. The van der Waals surface area contributed by atoms with Gasteiger partial charge in [0.05, 0.1) is 18.8 Å². The fourth-order valence-corrected chi connectivity index (χ4v) is 3.05. The van der Waals surface area contributed by atoms with Crippen molar-refractivity contribution < 1.29 is 9.15 Å². The van der Waals surface area contributed by atoms with Crippen molar-refractivity contribution in [3.8, 4) is 0 Å². The number of hydrogen-bond donors (Lipinski definition) is 1. The topological polar surface area (TPSA) is 63.4 Å². The van der Waals surface area contributed by atoms with Crippen molar-refractivity contribution in [2.75, 3.05) is 32.1 Å². The molecular weight excluding hydrogens is 292 g/mol. The van der Waals surface area contributed by atoms with Gasteiger partial charge in [-0.25, -0.2) is 9.97 Å². The van der Waals surface area contributed by atoms with Gasteiger partial charge in [0.25, 0.3) is 0 Å². The van der Waals surface area contributed by atoms with Crippen molar-refractivity contribution in [3.63, 3.8) is 0 Å². The molecule has 2 atom stereocenters. The third-order valence-electron chi connectivity index (χ3n) is 4.38. The molecule has 3 heterocycles. The molecule has 1 aliphatic rings. The number of para-hydroxylation sites is 1. The molecule has 0 amide bonds. The van der Waals surface area contributed by atoms with Crippen molar-refractivity contribution in [1.29, 1.82) is 0 Å². The summed E-state index contributed by atoms with van der Waals surface area (Å²) in [5, 5.41) is 4.45. The zero-order chi connectivity index (χ0) is 15.8. The Kier molecular flexibility index (Phi) is 3.63. The minimum atomic E-state index is 0.128. The van der Waals surface area contributed by atoms with Crippen LogP contribution in [0.3, 0.4) is 0 Å². The van der Waals surface area contributed by atoms with Gasteiger partial charge in [0.2, 0.25) is 0 Å². The van der Waals surface area contributed by atoms with Gasteiger partial charge in [0.15, 0.2) is 11.4 Å². The van der Waals surface area contributed by atoms with Gasteiger partial charge < -0.3 is 19.4 Å². The predicted octanol–water partition coefficient (Wildman–Crippen LogP) is 2.51. The number of ether oxygens (including phenoxy) is 1. The number of furan rings is 1. The lowest BCUT2D eigenvalue weighted by Crippen LogP contribution is -2.47. The molecule has 0 bridgehead atoms. The Morgan fingerprint density at radius 3 is 3.04 bits per heavy atom. The summed E-state index contributed by atoms with van der Waals surface area (Å²) < 4.78 is 11.8. The van der Waals surface area contributed by atoms with Gasteiger partial charge in [0.1, 0.15) is 17.4 Å². The summed E-state index contributed by atoms with van der Waals surface area (Å²) in [4.78, 5) is 11.0. The molecule has 2 aromatic heterocycles. The summed E-state index contributed by atoms with van der Waals surface area (Å²) in [5.41, 5.74) is 2.36. The van der Waals surface area contributed by atoms with Crippen LogP contribution in [0.15, 0.2) is 35.0 Å². The first-order valence-corrected chi connectivity index (χ1v) is 7.91. The van der Waals surface area contributed by atoms with Crippen LogP contribution in [0, 0.1) is 0 Å². The summed E-state index contributed by atoms with van der Waals surface area (Å²) in [6, 6.07) is 8.04. The molecular formula is C17H20N4O2. The fraction of sp³-hybridized carbons (Fsp3) is 0.412. The number of fused-ring (bicyclic) bond motifs is 3. The van der Waals surface area contributed by atoms with Crippen LogP contribution in [0.5, 0.6) is 0 Å². The second-order valence-corrected chi connectivity index (χ2v) is 6.10. The molecule has 0 aliphatic carbocycles. The molecule has 6 nitrogen and oxygen atoms in total. The maximum absolute atomic E-state index is 5.95. The van der Waals surface area contributed by atoms with Crippen molar-refractivity contribution in [3.05, 3.63) is 30.6 Å². The smallest absolute Gasteiger partial charge is 0.196 e. The van der Waals surface area contributed by atoms with Crippen molar-refractivity contribution in [2.24, 2.45) is 0 Å². The molecule has 1 aliphatic heterocycles. The van der Waals surface area contributed by atoms with Gasteiger partial charge in [-0.05, 0) is 26.1 Å². The molecule has 1 fully saturated rings. The van der Waals surface area contributed by atoms with E-state index in [0.717, 1.165) is 42.0 Å². The highest BCUT2D eigenvalue weighted by molar-refractivity contribution is 6.05. The fourth-order valence-electron chi connectivity index (χ4n) is 3.05. The Morgan fingerprint density at radius 2 is 2.17 bits per heavy atom. The Labute approximate surface area is 134 Å². The average Bonchev–Trinajstić information content (AvgIpc) is 2.95. The summed E-state index contributed by atoms with van der Waals surface area (Å²) in [7, 11) is 2.12. The normalized spacial score (nSPS) is 20.9. The van der Waals surface area contributed by atoms with Crippen LogP contribution in [0.25, 0.3) is 22.1 Å². The number of benzene rings is 1. The predicted molar refractivity (Wildman–Crippen MR) is 89.6 cm³/mol. The highest BCUT2D eigenvalue weighted by atomic mass is 16.5. The lowest BCUT2D eigenvalue weighted by Gasteiger charge is -2.34. The van der Waals surface area contributed by atoms with Crippen molar-refractivity contribution >= 4 is 27.9 Å². The Bertz CT molecular complexity index is 832. The molecule has 1 aromatic carbocycles. The number of likely N-dealkylation sites (N-methyl/N-ethyl adjacent to an activating group) is 1. The van der Waals surface area contributed by atoms with Gasteiger partial charge in [-0.3, -0.25) is 0 Å². The van der Waals surface area contributed by atoms with Crippen LogP contribution in [0.2, 0.25) is 0 Å². The van der Waals surface area contributed by atoms with Crippen LogP contribution < -0.4 is 5.32 Å². The number of morpholine rings is 1. The molecule has 23 heavy (non-hydrogen) atoms. The molecule has 120 valence electrons. The summed E-state index contributed by atoms with van der Waals surface area (Å²) >= 11 is 0. The Hall–Kier alpha value is -2.18. The van der Waals surface area contributed by atoms with E-state index in [4.69, 9.17) is 9.15 Å². The highest BCUT2D eigenvalue weighted by Crippen LogP contribution is 2.30. The number of nitrogens with one attached hydrogen (secondary N) is 1. The second kappa shape index (κ2) is 5.79. The van der Waals surface area contributed by atoms with E-state index in [1.807, 2.05) is 24.3 Å². The molecule has 0 spiro atoms. The van der Waals surface area contributed by atoms with E-state index < -0.39 is 0 Å². The van der Waals surface area contributed by atoms with Crippen LogP contribution >= 0.6 is 0 Å². The third kappa shape index (κ3) is 2.64. The van der Waals surface area contributed by atoms with Gasteiger partial charge in [-0.15, -0.1) is 0 Å². The van der Waals surface area contributed by atoms with E-state index in [1.165, 1.54) is 0 Å². The minimum absolute atomic E-state index is 0.128. The van der Waals surface area contributed by atoms with E-state index in [2.05, 4.69) is 34.2 Å². The number of nitrogens with zero attached hydrogens (tertiary/aromatic N) is 3. The SMILES string of the molecule is CC(Nc1ncnc2c1oc1ccccc12)C1CN(C)CCO1. The summed E-state index contributed by atoms with van der Waals surface area (Å²) in [6.07, 6.45) is 1.70. The number of hydrogen-bond acceptors (Lipinski definition) is 6. The quantitative estimate of drug-likeness (QED) is 0.802. The first-order chi connectivity index (χ1) is 11.2. The first kappa shape index (κ1) is 14.4. The van der Waals surface area contributed by atoms with E-state index in [9.17, 15) is 0 Å². The zero-order valence-electron chi connectivity index (χ0n) is 13.3. The maximum Gasteiger partial charge on any atom is 0.196 e. The lowest BCUT2D eigenvalue weighted by atomic mass is 10.1. The Morgan fingerprint density at radius 1 is 1.30 bits per heavy atom. The van der Waals surface area contributed by atoms with E-state index in [1.54, 1.807) is 6.33 Å². The van der Waals surface area contributed by atoms with E-state index in [0.29, 0.717) is 5.58 Å². The molecule has 3 aromatic rings. The number of anilines is 1. The third-order valence-corrected chi connectivity index (χ3v) is 4.38. The van der Waals surface area contributed by atoms with Gasteiger partial charge in [-0.2, -0.15) is 0 Å². The monoisotopic (exact) mass is 312 g/mol. The van der Waals surface area contributed by atoms with Gasteiger partial charge >= 0.3 is 0 Å². The van der Waals surface area contributed by atoms with Crippen LogP contribution in [0.4, 0.5) is 5.82 Å². The molecule has 0 radical (unpaired) electrons. The minimum Gasteiger partial charge on any atom is -0.450 e. The van der Waals surface area contributed by atoms with Crippen molar-refractivity contribution in [2.45, 2.75) is 19.1 Å². The average molecular weight is 312 g/mol. The molecule has 1 N–H and O–H groups in total. The zero-order valence-corrected chi connectivity index (χ0v) is 13.3. The Balaban J connectivity index is 1.66. The lowest BCUT2D eigenvalue weighted by molar-refractivity contribution is -0.0259. The molecule has 1 saturated heterocycles. The second-order valence-electron chi connectivity index (χ2n) is 6.10. The van der Waals surface area contributed by atoms with Crippen molar-refractivity contribution in [1.82, 2.24) is 14.9 Å². The number of rotatable bonds is 3. The van der Waals surface area contributed by atoms with Crippen LogP contribution in [-0.2, 0) is 4.74 Å². The maximum atomic E-state index is 5.95. The molecule has 4 rings (SSSR count). The van der Waals surface area contributed by atoms with Crippen LogP contribution in [-0.4, -0.2) is 53.8 Å². The van der Waals surface area contributed by atoms with E-state index >= 15 is 0 Å². The summed E-state index contributed by atoms with van der Waals surface area (Å²) in [6.45, 7) is 4.75. The highest BCUT2D eigenvalue weighted by Gasteiger charge is 2.25. The van der Waals surface area contributed by atoms with Crippen LogP contribution in [0.1, 0.15) is 6.92 Å². The summed E-state index contributed by atoms with van der Waals surface area (Å²) in [5.74, 6) is 0.718. The largest absolute Gasteiger partial charge is 0.450 e. The molecule has 0 saturated carbocycles.